The SMILES string of the molecule is CC(C)c1ncnc2c1NC(=O)C2. The summed E-state index contributed by atoms with van der Waals surface area (Å²) in [6, 6.07) is 0. The second-order valence-corrected chi connectivity index (χ2v) is 3.46. The molecule has 1 amide bonds. The standard InChI is InChI=1S/C9H11N3O/c1-5(2)8-9-6(10-4-11-8)3-7(13)12-9/h4-5H,3H2,1-2H3,(H,12,13). The maximum atomic E-state index is 11.1. The number of fused-ring (bicyclic) bond motifs is 1. The summed E-state index contributed by atoms with van der Waals surface area (Å²) in [4.78, 5) is 19.3. The maximum absolute atomic E-state index is 11.1. The smallest absolute Gasteiger partial charge is 0.230 e. The van der Waals surface area contributed by atoms with E-state index in [1.165, 1.54) is 6.33 Å². The Bertz CT molecular complexity index is 360. The van der Waals surface area contributed by atoms with Crippen LogP contribution in [-0.4, -0.2) is 15.9 Å². The lowest BCUT2D eigenvalue weighted by Gasteiger charge is -2.08. The number of hydrogen-bond acceptors (Lipinski definition) is 3. The Balaban J connectivity index is 2.51. The minimum atomic E-state index is 0.0115. The summed E-state index contributed by atoms with van der Waals surface area (Å²) in [5, 5.41) is 2.78. The first-order valence-corrected chi connectivity index (χ1v) is 4.32. The highest BCUT2D eigenvalue weighted by Gasteiger charge is 2.23. The first-order chi connectivity index (χ1) is 6.18. The van der Waals surface area contributed by atoms with E-state index in [0.29, 0.717) is 12.3 Å². The van der Waals surface area contributed by atoms with Gasteiger partial charge < -0.3 is 5.32 Å². The molecule has 1 aromatic heterocycles. The van der Waals surface area contributed by atoms with Crippen molar-refractivity contribution < 1.29 is 4.79 Å². The average molecular weight is 177 g/mol. The molecule has 0 unspecified atom stereocenters. The maximum Gasteiger partial charge on any atom is 0.230 e. The van der Waals surface area contributed by atoms with Crippen LogP contribution in [0.2, 0.25) is 0 Å². The summed E-state index contributed by atoms with van der Waals surface area (Å²) >= 11 is 0. The van der Waals surface area contributed by atoms with Gasteiger partial charge in [0.25, 0.3) is 0 Å². The van der Waals surface area contributed by atoms with Crippen LogP contribution in [-0.2, 0) is 11.2 Å². The Labute approximate surface area is 76.4 Å². The third-order valence-electron chi connectivity index (χ3n) is 2.09. The molecule has 0 saturated carbocycles. The van der Waals surface area contributed by atoms with Crippen LogP contribution in [0.1, 0.15) is 31.2 Å². The van der Waals surface area contributed by atoms with Gasteiger partial charge in [-0.15, -0.1) is 0 Å². The fourth-order valence-corrected chi connectivity index (χ4v) is 1.48. The van der Waals surface area contributed by atoms with Gasteiger partial charge in [-0.3, -0.25) is 4.79 Å². The molecule has 0 radical (unpaired) electrons. The van der Waals surface area contributed by atoms with Crippen molar-refractivity contribution in [2.45, 2.75) is 26.2 Å². The molecule has 0 atom stereocenters. The fraction of sp³-hybridized carbons (Fsp3) is 0.444. The van der Waals surface area contributed by atoms with Crippen LogP contribution < -0.4 is 5.32 Å². The normalized spacial score (nSPS) is 14.5. The van der Waals surface area contributed by atoms with E-state index < -0.39 is 0 Å². The largest absolute Gasteiger partial charge is 0.323 e. The van der Waals surface area contributed by atoms with Crippen molar-refractivity contribution in [1.29, 1.82) is 0 Å². The molecule has 0 aliphatic carbocycles. The molecule has 2 rings (SSSR count). The highest BCUT2D eigenvalue weighted by molar-refractivity contribution is 5.99. The number of anilines is 1. The zero-order valence-electron chi connectivity index (χ0n) is 7.66. The first kappa shape index (κ1) is 8.16. The number of aromatic nitrogens is 2. The molecule has 1 aliphatic rings. The van der Waals surface area contributed by atoms with Gasteiger partial charge in [-0.25, -0.2) is 9.97 Å². The summed E-state index contributed by atoms with van der Waals surface area (Å²) in [6.07, 6.45) is 1.91. The number of nitrogens with one attached hydrogen (secondary N) is 1. The predicted molar refractivity (Wildman–Crippen MR) is 48.5 cm³/mol. The van der Waals surface area contributed by atoms with Crippen LogP contribution in [0.25, 0.3) is 0 Å². The number of carbonyl (C=O) groups excluding carboxylic acids is 1. The van der Waals surface area contributed by atoms with Gasteiger partial charge in [0, 0.05) is 0 Å². The van der Waals surface area contributed by atoms with E-state index in [-0.39, 0.29) is 5.91 Å². The van der Waals surface area contributed by atoms with E-state index >= 15 is 0 Å². The molecule has 13 heavy (non-hydrogen) atoms. The van der Waals surface area contributed by atoms with Gasteiger partial charge in [-0.05, 0) is 5.92 Å². The quantitative estimate of drug-likeness (QED) is 0.698. The van der Waals surface area contributed by atoms with E-state index in [2.05, 4.69) is 15.3 Å². The Kier molecular flexibility index (Phi) is 1.76. The van der Waals surface area contributed by atoms with E-state index in [1.807, 2.05) is 13.8 Å². The van der Waals surface area contributed by atoms with Gasteiger partial charge in [-0.2, -0.15) is 0 Å². The molecule has 0 saturated heterocycles. The van der Waals surface area contributed by atoms with Crippen LogP contribution >= 0.6 is 0 Å². The van der Waals surface area contributed by atoms with Crippen molar-refractivity contribution in [1.82, 2.24) is 9.97 Å². The number of amides is 1. The summed E-state index contributed by atoms with van der Waals surface area (Å²) < 4.78 is 0. The molecule has 0 spiro atoms. The van der Waals surface area contributed by atoms with Gasteiger partial charge in [0.2, 0.25) is 5.91 Å². The number of carbonyl (C=O) groups is 1. The second-order valence-electron chi connectivity index (χ2n) is 3.46. The zero-order chi connectivity index (χ0) is 9.42. The Morgan fingerprint density at radius 1 is 1.46 bits per heavy atom. The monoisotopic (exact) mass is 177 g/mol. The molecular formula is C9H11N3O. The minimum Gasteiger partial charge on any atom is -0.323 e. The van der Waals surface area contributed by atoms with E-state index in [0.717, 1.165) is 17.1 Å². The van der Waals surface area contributed by atoms with Crippen molar-refractivity contribution in [3.05, 3.63) is 17.7 Å². The molecule has 4 nitrogen and oxygen atoms in total. The third kappa shape index (κ3) is 1.28. The van der Waals surface area contributed by atoms with E-state index in [1.54, 1.807) is 0 Å². The lowest BCUT2D eigenvalue weighted by atomic mass is 10.1. The van der Waals surface area contributed by atoms with E-state index in [4.69, 9.17) is 0 Å². The molecule has 1 N–H and O–H groups in total. The molecule has 0 bridgehead atoms. The minimum absolute atomic E-state index is 0.0115. The molecule has 2 heterocycles. The topological polar surface area (TPSA) is 54.9 Å². The van der Waals surface area contributed by atoms with Crippen LogP contribution in [0.4, 0.5) is 5.69 Å². The highest BCUT2D eigenvalue weighted by atomic mass is 16.1. The molecule has 0 fully saturated rings. The average Bonchev–Trinajstić information content (AvgIpc) is 2.43. The second kappa shape index (κ2) is 2.80. The Hall–Kier alpha value is -1.45. The van der Waals surface area contributed by atoms with Crippen molar-refractivity contribution in [2.75, 3.05) is 5.32 Å². The molecule has 1 aromatic rings. The van der Waals surface area contributed by atoms with Gasteiger partial charge in [-0.1, -0.05) is 13.8 Å². The summed E-state index contributed by atoms with van der Waals surface area (Å²) in [5.74, 6) is 0.326. The van der Waals surface area contributed by atoms with Crippen LogP contribution in [0.5, 0.6) is 0 Å². The highest BCUT2D eigenvalue weighted by Crippen LogP contribution is 2.28. The molecular weight excluding hydrogens is 166 g/mol. The van der Waals surface area contributed by atoms with Crippen molar-refractivity contribution in [3.63, 3.8) is 0 Å². The molecule has 68 valence electrons. The lowest BCUT2D eigenvalue weighted by molar-refractivity contribution is -0.115. The van der Waals surface area contributed by atoms with Gasteiger partial charge in [0.1, 0.15) is 6.33 Å². The van der Waals surface area contributed by atoms with Gasteiger partial charge >= 0.3 is 0 Å². The van der Waals surface area contributed by atoms with Crippen LogP contribution in [0, 0.1) is 0 Å². The van der Waals surface area contributed by atoms with E-state index in [9.17, 15) is 4.79 Å². The molecule has 4 heteroatoms. The lowest BCUT2D eigenvalue weighted by Crippen LogP contribution is -2.06. The summed E-state index contributed by atoms with van der Waals surface area (Å²) in [6.45, 7) is 4.10. The van der Waals surface area contributed by atoms with Crippen molar-refractivity contribution >= 4 is 11.6 Å². The third-order valence-corrected chi connectivity index (χ3v) is 2.09. The van der Waals surface area contributed by atoms with Gasteiger partial charge in [0.15, 0.2) is 0 Å². The number of rotatable bonds is 1. The summed E-state index contributed by atoms with van der Waals surface area (Å²) in [5.41, 5.74) is 2.57. The van der Waals surface area contributed by atoms with Crippen LogP contribution in [0.3, 0.4) is 0 Å². The number of nitrogens with zero attached hydrogens (tertiary/aromatic N) is 2. The number of hydrogen-bond donors (Lipinski definition) is 1. The van der Waals surface area contributed by atoms with Crippen molar-refractivity contribution in [2.24, 2.45) is 0 Å². The summed E-state index contributed by atoms with van der Waals surface area (Å²) in [7, 11) is 0. The van der Waals surface area contributed by atoms with Crippen molar-refractivity contribution in [3.8, 4) is 0 Å². The Morgan fingerprint density at radius 2 is 2.23 bits per heavy atom. The van der Waals surface area contributed by atoms with Gasteiger partial charge in [0.05, 0.1) is 23.5 Å². The molecule has 0 aromatic carbocycles. The molecule has 1 aliphatic heterocycles. The fourth-order valence-electron chi connectivity index (χ4n) is 1.48. The predicted octanol–water partition coefficient (Wildman–Crippen LogP) is 1.09. The Morgan fingerprint density at radius 3 is 2.92 bits per heavy atom. The first-order valence-electron chi connectivity index (χ1n) is 4.32. The zero-order valence-corrected chi connectivity index (χ0v) is 7.66. The van der Waals surface area contributed by atoms with Crippen LogP contribution in [0.15, 0.2) is 6.33 Å².